The van der Waals surface area contributed by atoms with E-state index in [4.69, 9.17) is 18.0 Å². The molecule has 0 saturated heterocycles. The van der Waals surface area contributed by atoms with Crippen LogP contribution in [0.1, 0.15) is 0 Å². The molecule has 15 heavy (non-hydrogen) atoms. The zero-order chi connectivity index (χ0) is 11.3. The zero-order valence-corrected chi connectivity index (χ0v) is 10.8. The number of benzene rings is 1. The Kier molecular flexibility index (Phi) is 4.73. The van der Waals surface area contributed by atoms with Gasteiger partial charge in [0, 0.05) is 10.2 Å². The fourth-order valence-corrected chi connectivity index (χ4v) is 1.30. The first kappa shape index (κ1) is 12.2. The van der Waals surface area contributed by atoms with E-state index in [2.05, 4.69) is 44.3 Å². The van der Waals surface area contributed by atoms with Gasteiger partial charge in [-0.2, -0.15) is 0 Å². The predicted octanol–water partition coefficient (Wildman–Crippen LogP) is 1.48. The summed E-state index contributed by atoms with van der Waals surface area (Å²) in [5, 5.41) is 3.47. The van der Waals surface area contributed by atoms with Crippen LogP contribution in [0.2, 0.25) is 0 Å². The predicted molar refractivity (Wildman–Crippen MR) is 73.4 cm³/mol. The van der Waals surface area contributed by atoms with E-state index >= 15 is 0 Å². The number of hydrogen-bond donors (Lipinski definition) is 4. The van der Waals surface area contributed by atoms with Gasteiger partial charge in [-0.3, -0.25) is 10.9 Å². The summed E-state index contributed by atoms with van der Waals surface area (Å²) in [4.78, 5) is 0. The van der Waals surface area contributed by atoms with Crippen molar-refractivity contribution in [1.29, 1.82) is 0 Å². The molecule has 80 valence electrons. The molecule has 0 aromatic heterocycles. The van der Waals surface area contributed by atoms with Crippen molar-refractivity contribution in [2.75, 3.05) is 5.32 Å². The van der Waals surface area contributed by atoms with Gasteiger partial charge in [0.1, 0.15) is 0 Å². The number of thiocarbonyl (C=S) groups is 2. The van der Waals surface area contributed by atoms with Crippen molar-refractivity contribution in [3.8, 4) is 0 Å². The van der Waals surface area contributed by atoms with Crippen LogP contribution in [-0.2, 0) is 0 Å². The summed E-state index contributed by atoms with van der Waals surface area (Å²) in [7, 11) is 0. The normalized spacial score (nSPS) is 9.13. The lowest BCUT2D eigenvalue weighted by atomic mass is 10.3. The monoisotopic (exact) mass is 304 g/mol. The van der Waals surface area contributed by atoms with E-state index < -0.39 is 0 Å². The van der Waals surface area contributed by atoms with E-state index in [9.17, 15) is 0 Å². The molecule has 0 aliphatic carbocycles. The Hall–Kier alpha value is -0.920. The summed E-state index contributed by atoms with van der Waals surface area (Å²) in [6.07, 6.45) is 0. The maximum atomic E-state index is 5.22. The molecule has 0 fully saturated rings. The number of nitrogens with two attached hydrogens (primary N) is 1. The van der Waals surface area contributed by atoms with E-state index in [1.807, 2.05) is 24.3 Å². The van der Waals surface area contributed by atoms with Crippen molar-refractivity contribution in [2.45, 2.75) is 0 Å². The number of halogens is 1. The van der Waals surface area contributed by atoms with E-state index in [0.717, 1.165) is 10.2 Å². The summed E-state index contributed by atoms with van der Waals surface area (Å²) in [5.41, 5.74) is 11.3. The fraction of sp³-hybridized carbons (Fsp3) is 0. The van der Waals surface area contributed by atoms with Crippen molar-refractivity contribution >= 4 is 56.3 Å². The van der Waals surface area contributed by atoms with Crippen LogP contribution >= 0.6 is 40.4 Å². The third-order valence-electron chi connectivity index (χ3n) is 1.40. The summed E-state index contributed by atoms with van der Waals surface area (Å²) in [5.74, 6) is 0. The maximum Gasteiger partial charge on any atom is 0.189 e. The third-order valence-corrected chi connectivity index (χ3v) is 2.24. The first-order valence-electron chi connectivity index (χ1n) is 3.96. The molecule has 0 radical (unpaired) electrons. The van der Waals surface area contributed by atoms with Crippen LogP contribution in [0.15, 0.2) is 28.7 Å². The number of hydrogen-bond acceptors (Lipinski definition) is 2. The Morgan fingerprint density at radius 3 is 2.27 bits per heavy atom. The Balaban J connectivity index is 2.44. The van der Waals surface area contributed by atoms with Crippen LogP contribution in [0.25, 0.3) is 0 Å². The number of rotatable bonds is 1. The minimum absolute atomic E-state index is 0.134. The highest BCUT2D eigenvalue weighted by Gasteiger charge is 1.96. The van der Waals surface area contributed by atoms with Crippen LogP contribution in [0.4, 0.5) is 5.69 Å². The second kappa shape index (κ2) is 5.84. The molecular formula is C8H9BrN4S2. The molecule has 0 unspecified atom stereocenters. The molecule has 0 atom stereocenters. The summed E-state index contributed by atoms with van der Waals surface area (Å²) in [6.45, 7) is 0. The van der Waals surface area contributed by atoms with Crippen molar-refractivity contribution in [1.82, 2.24) is 10.9 Å². The Bertz CT molecular complexity index is 365. The van der Waals surface area contributed by atoms with Crippen LogP contribution in [0.3, 0.4) is 0 Å². The van der Waals surface area contributed by atoms with Crippen molar-refractivity contribution in [3.63, 3.8) is 0 Å². The van der Waals surface area contributed by atoms with E-state index in [1.165, 1.54) is 0 Å². The molecule has 1 aromatic rings. The summed E-state index contributed by atoms with van der Waals surface area (Å²) < 4.78 is 1.01. The lowest BCUT2D eigenvalue weighted by molar-refractivity contribution is 0.880. The quantitative estimate of drug-likeness (QED) is 0.466. The molecular weight excluding hydrogens is 296 g/mol. The molecule has 0 spiro atoms. The average Bonchev–Trinajstić information content (AvgIpc) is 2.19. The highest BCUT2D eigenvalue weighted by molar-refractivity contribution is 9.10. The maximum absolute atomic E-state index is 5.22. The van der Waals surface area contributed by atoms with Crippen molar-refractivity contribution in [3.05, 3.63) is 28.7 Å². The van der Waals surface area contributed by atoms with Gasteiger partial charge in [0.15, 0.2) is 10.2 Å². The minimum atomic E-state index is 0.134. The van der Waals surface area contributed by atoms with Crippen LogP contribution < -0.4 is 21.9 Å². The van der Waals surface area contributed by atoms with Gasteiger partial charge in [-0.1, -0.05) is 15.9 Å². The molecule has 0 bridgehead atoms. The Labute approximate surface area is 107 Å². The van der Waals surface area contributed by atoms with Crippen molar-refractivity contribution in [2.24, 2.45) is 5.73 Å². The van der Waals surface area contributed by atoms with E-state index in [-0.39, 0.29) is 5.11 Å². The molecule has 0 saturated carbocycles. The zero-order valence-electron chi connectivity index (χ0n) is 7.58. The third kappa shape index (κ3) is 4.91. The molecule has 1 aromatic carbocycles. The fourth-order valence-electron chi connectivity index (χ4n) is 0.814. The standard InChI is InChI=1S/C8H9BrN4S2/c9-5-1-3-6(4-2-5)11-8(15)13-12-7(10)14/h1-4H,(H3,10,12,14)(H2,11,13,15). The molecule has 7 heteroatoms. The molecule has 0 aliphatic rings. The van der Waals surface area contributed by atoms with Crippen LogP contribution in [0.5, 0.6) is 0 Å². The molecule has 1 rings (SSSR count). The first-order valence-corrected chi connectivity index (χ1v) is 5.57. The second-order valence-corrected chi connectivity index (χ2v) is 4.34. The first-order chi connectivity index (χ1) is 7.08. The van der Waals surface area contributed by atoms with Gasteiger partial charge >= 0.3 is 0 Å². The molecule has 0 amide bonds. The summed E-state index contributed by atoms with van der Waals surface area (Å²) in [6, 6.07) is 7.59. The van der Waals surface area contributed by atoms with Gasteiger partial charge in [0.2, 0.25) is 0 Å². The lowest BCUT2D eigenvalue weighted by Crippen LogP contribution is -2.46. The highest BCUT2D eigenvalue weighted by Crippen LogP contribution is 2.13. The molecule has 5 N–H and O–H groups in total. The second-order valence-electron chi connectivity index (χ2n) is 2.58. The van der Waals surface area contributed by atoms with E-state index in [1.54, 1.807) is 0 Å². The minimum Gasteiger partial charge on any atom is -0.375 e. The molecule has 0 heterocycles. The Morgan fingerprint density at radius 2 is 1.73 bits per heavy atom. The van der Waals surface area contributed by atoms with Gasteiger partial charge in [-0.05, 0) is 48.7 Å². The largest absolute Gasteiger partial charge is 0.375 e. The van der Waals surface area contributed by atoms with Gasteiger partial charge < -0.3 is 11.1 Å². The molecule has 4 nitrogen and oxygen atoms in total. The van der Waals surface area contributed by atoms with Gasteiger partial charge in [0.25, 0.3) is 0 Å². The number of anilines is 1. The van der Waals surface area contributed by atoms with Gasteiger partial charge in [-0.15, -0.1) is 0 Å². The topological polar surface area (TPSA) is 62.1 Å². The molecule has 0 aliphatic heterocycles. The highest BCUT2D eigenvalue weighted by atomic mass is 79.9. The van der Waals surface area contributed by atoms with Gasteiger partial charge in [0.05, 0.1) is 0 Å². The Morgan fingerprint density at radius 1 is 1.13 bits per heavy atom. The average molecular weight is 305 g/mol. The summed E-state index contributed by atoms with van der Waals surface area (Å²) >= 11 is 12.9. The lowest BCUT2D eigenvalue weighted by Gasteiger charge is -2.10. The van der Waals surface area contributed by atoms with Crippen LogP contribution in [0, 0.1) is 0 Å². The van der Waals surface area contributed by atoms with E-state index in [0.29, 0.717) is 5.11 Å². The van der Waals surface area contributed by atoms with Gasteiger partial charge in [-0.25, -0.2) is 0 Å². The number of hydrazine groups is 1. The van der Waals surface area contributed by atoms with Crippen LogP contribution in [-0.4, -0.2) is 10.2 Å². The SMILES string of the molecule is NC(=S)NNC(=S)Nc1ccc(Br)cc1. The smallest absolute Gasteiger partial charge is 0.189 e. The van der Waals surface area contributed by atoms with Crippen molar-refractivity contribution < 1.29 is 0 Å². The number of nitrogens with one attached hydrogen (secondary N) is 3.